The van der Waals surface area contributed by atoms with E-state index in [9.17, 15) is 14.4 Å². The van der Waals surface area contributed by atoms with Gasteiger partial charge in [-0.3, -0.25) is 14.4 Å². The number of nitrogens with one attached hydrogen (secondary N) is 2. The van der Waals surface area contributed by atoms with E-state index in [1.165, 1.54) is 7.05 Å². The van der Waals surface area contributed by atoms with Gasteiger partial charge >= 0.3 is 5.97 Å². The first-order chi connectivity index (χ1) is 9.04. The van der Waals surface area contributed by atoms with Crippen molar-refractivity contribution in [2.24, 2.45) is 0 Å². The molecule has 0 saturated heterocycles. The quantitative estimate of drug-likeness (QED) is 0.683. The number of rotatable bonds is 6. The maximum Gasteiger partial charge on any atom is 0.307 e. The molecule has 0 fully saturated rings. The van der Waals surface area contributed by atoms with Crippen molar-refractivity contribution in [3.8, 4) is 0 Å². The number of benzene rings is 1. The lowest BCUT2D eigenvalue weighted by molar-refractivity contribution is -0.136. The third kappa shape index (κ3) is 4.79. The minimum atomic E-state index is -0.995. The zero-order valence-corrected chi connectivity index (χ0v) is 10.6. The Bertz CT molecular complexity index is 485. The number of amides is 2. The molecule has 6 nitrogen and oxygen atoms in total. The summed E-state index contributed by atoms with van der Waals surface area (Å²) < 4.78 is 0. The van der Waals surface area contributed by atoms with E-state index in [1.807, 2.05) is 0 Å². The van der Waals surface area contributed by atoms with Crippen molar-refractivity contribution >= 4 is 17.8 Å². The highest BCUT2D eigenvalue weighted by molar-refractivity contribution is 5.96. The van der Waals surface area contributed by atoms with Gasteiger partial charge in [0.2, 0.25) is 5.91 Å². The zero-order valence-electron chi connectivity index (χ0n) is 10.6. The van der Waals surface area contributed by atoms with Crippen molar-refractivity contribution in [2.45, 2.75) is 12.8 Å². The summed E-state index contributed by atoms with van der Waals surface area (Å²) in [6.45, 7) is 0.208. The molecule has 0 heterocycles. The molecule has 0 aromatic heterocycles. The lowest BCUT2D eigenvalue weighted by Crippen LogP contribution is -2.29. The minimum absolute atomic E-state index is 0.167. The molecule has 6 heteroatoms. The van der Waals surface area contributed by atoms with Crippen LogP contribution >= 0.6 is 0 Å². The Kier molecular flexibility index (Phi) is 5.53. The highest BCUT2D eigenvalue weighted by atomic mass is 16.4. The Morgan fingerprint density at radius 1 is 1.21 bits per heavy atom. The number of aliphatic carboxylic acids is 1. The fraction of sp³-hybridized carbons (Fsp3) is 0.308. The Morgan fingerprint density at radius 2 is 1.89 bits per heavy atom. The van der Waals surface area contributed by atoms with Gasteiger partial charge in [0.1, 0.15) is 0 Å². The molecule has 0 aliphatic carbocycles. The summed E-state index contributed by atoms with van der Waals surface area (Å²) >= 11 is 0. The molecule has 0 bridgehead atoms. The Hall–Kier alpha value is -2.37. The van der Waals surface area contributed by atoms with Crippen molar-refractivity contribution in [3.05, 3.63) is 35.4 Å². The molecule has 0 radical (unpaired) electrons. The van der Waals surface area contributed by atoms with Gasteiger partial charge in [0.05, 0.1) is 6.42 Å². The molecule has 0 aliphatic heterocycles. The van der Waals surface area contributed by atoms with Crippen LogP contribution in [0.5, 0.6) is 0 Å². The van der Waals surface area contributed by atoms with Crippen molar-refractivity contribution in [3.63, 3.8) is 0 Å². The maximum atomic E-state index is 11.9. The highest BCUT2D eigenvalue weighted by Gasteiger charge is 2.12. The average molecular weight is 264 g/mol. The molecule has 0 atom stereocenters. The van der Waals surface area contributed by atoms with Crippen LogP contribution in [0.1, 0.15) is 22.3 Å². The van der Waals surface area contributed by atoms with E-state index in [0.29, 0.717) is 11.1 Å². The third-order valence-electron chi connectivity index (χ3n) is 2.52. The van der Waals surface area contributed by atoms with E-state index in [4.69, 9.17) is 5.11 Å². The molecule has 0 saturated carbocycles. The Morgan fingerprint density at radius 3 is 2.53 bits per heavy atom. The van der Waals surface area contributed by atoms with Crippen LogP contribution in [0.4, 0.5) is 0 Å². The molecular formula is C13H16N2O4. The summed E-state index contributed by atoms with van der Waals surface area (Å²) in [6.07, 6.45) is -0.0254. The SMILES string of the molecule is CNC(=O)CCNC(=O)c1ccccc1CC(=O)O. The second-order valence-corrected chi connectivity index (χ2v) is 3.91. The van der Waals surface area contributed by atoms with E-state index in [1.54, 1.807) is 24.3 Å². The number of carboxylic acids is 1. The normalized spacial score (nSPS) is 9.74. The van der Waals surface area contributed by atoms with Gasteiger partial charge in [0.15, 0.2) is 0 Å². The molecule has 1 aromatic carbocycles. The van der Waals surface area contributed by atoms with Gasteiger partial charge in [-0.15, -0.1) is 0 Å². The van der Waals surface area contributed by atoms with Crippen molar-refractivity contribution in [1.29, 1.82) is 0 Å². The number of carboxylic acid groups (broad SMARTS) is 1. The van der Waals surface area contributed by atoms with Crippen molar-refractivity contribution < 1.29 is 19.5 Å². The lowest BCUT2D eigenvalue weighted by Gasteiger charge is -2.08. The molecule has 3 N–H and O–H groups in total. The van der Waals surface area contributed by atoms with Crippen LogP contribution in [0.25, 0.3) is 0 Å². The molecule has 1 rings (SSSR count). The number of hydrogen-bond acceptors (Lipinski definition) is 3. The molecule has 0 unspecified atom stereocenters. The van der Waals surface area contributed by atoms with Crippen LogP contribution in [0, 0.1) is 0 Å². The van der Waals surface area contributed by atoms with E-state index in [2.05, 4.69) is 10.6 Å². The summed E-state index contributed by atoms with van der Waals surface area (Å²) in [4.78, 5) is 33.6. The van der Waals surface area contributed by atoms with E-state index >= 15 is 0 Å². The fourth-order valence-corrected chi connectivity index (χ4v) is 1.57. The van der Waals surface area contributed by atoms with Gasteiger partial charge in [0.25, 0.3) is 5.91 Å². The molecule has 19 heavy (non-hydrogen) atoms. The summed E-state index contributed by atoms with van der Waals surface area (Å²) in [6, 6.07) is 6.51. The minimum Gasteiger partial charge on any atom is -0.481 e. The van der Waals surface area contributed by atoms with Crippen LogP contribution in [0.15, 0.2) is 24.3 Å². The van der Waals surface area contributed by atoms with Crippen LogP contribution in [-0.2, 0) is 16.0 Å². The number of carbonyl (C=O) groups excluding carboxylic acids is 2. The second-order valence-electron chi connectivity index (χ2n) is 3.91. The van der Waals surface area contributed by atoms with Crippen molar-refractivity contribution in [1.82, 2.24) is 10.6 Å². The van der Waals surface area contributed by atoms with Gasteiger partial charge in [-0.2, -0.15) is 0 Å². The van der Waals surface area contributed by atoms with Crippen LogP contribution in [-0.4, -0.2) is 36.5 Å². The summed E-state index contributed by atoms with van der Waals surface area (Å²) in [5.41, 5.74) is 0.772. The first-order valence-electron chi connectivity index (χ1n) is 5.83. The Balaban J connectivity index is 2.66. The van der Waals surface area contributed by atoms with Crippen LogP contribution in [0.3, 0.4) is 0 Å². The van der Waals surface area contributed by atoms with Crippen LogP contribution < -0.4 is 10.6 Å². The number of carbonyl (C=O) groups is 3. The molecule has 102 valence electrons. The largest absolute Gasteiger partial charge is 0.481 e. The Labute approximate surface area is 110 Å². The summed E-state index contributed by atoms with van der Waals surface area (Å²) in [5, 5.41) is 13.8. The average Bonchev–Trinajstić information content (AvgIpc) is 2.38. The molecule has 0 aliphatic rings. The van der Waals surface area contributed by atoms with Gasteiger partial charge in [-0.1, -0.05) is 18.2 Å². The molecule has 0 spiro atoms. The first-order valence-corrected chi connectivity index (χ1v) is 5.83. The number of hydrogen-bond donors (Lipinski definition) is 3. The molecular weight excluding hydrogens is 248 g/mol. The van der Waals surface area contributed by atoms with Gasteiger partial charge in [-0.05, 0) is 11.6 Å². The van der Waals surface area contributed by atoms with Crippen LogP contribution in [0.2, 0.25) is 0 Å². The third-order valence-corrected chi connectivity index (χ3v) is 2.52. The van der Waals surface area contributed by atoms with Gasteiger partial charge in [0, 0.05) is 25.6 Å². The van der Waals surface area contributed by atoms with Crippen molar-refractivity contribution in [2.75, 3.05) is 13.6 Å². The highest BCUT2D eigenvalue weighted by Crippen LogP contribution is 2.09. The molecule has 2 amide bonds. The maximum absolute atomic E-state index is 11.9. The van der Waals surface area contributed by atoms with E-state index in [-0.39, 0.29) is 31.2 Å². The topological polar surface area (TPSA) is 95.5 Å². The first kappa shape index (κ1) is 14.7. The monoisotopic (exact) mass is 264 g/mol. The smallest absolute Gasteiger partial charge is 0.307 e. The standard InChI is InChI=1S/C13H16N2O4/c1-14-11(16)6-7-15-13(19)10-5-3-2-4-9(10)8-12(17)18/h2-5H,6-8H2,1H3,(H,14,16)(H,15,19)(H,17,18). The summed E-state index contributed by atoms with van der Waals surface area (Å²) in [5.74, 6) is -1.54. The predicted molar refractivity (Wildman–Crippen MR) is 68.8 cm³/mol. The van der Waals surface area contributed by atoms with Gasteiger partial charge < -0.3 is 15.7 Å². The van der Waals surface area contributed by atoms with Gasteiger partial charge in [-0.25, -0.2) is 0 Å². The fourth-order valence-electron chi connectivity index (χ4n) is 1.57. The zero-order chi connectivity index (χ0) is 14.3. The second kappa shape index (κ2) is 7.15. The molecule has 1 aromatic rings. The van der Waals surface area contributed by atoms with E-state index < -0.39 is 5.97 Å². The van der Waals surface area contributed by atoms with E-state index in [0.717, 1.165) is 0 Å². The summed E-state index contributed by atoms with van der Waals surface area (Å²) in [7, 11) is 1.52. The predicted octanol–water partition coefficient (Wildman–Crippen LogP) is 0.180. The lowest BCUT2D eigenvalue weighted by atomic mass is 10.0.